The van der Waals surface area contributed by atoms with Crippen LogP contribution in [0.1, 0.15) is 55.7 Å². The zero-order valence-corrected chi connectivity index (χ0v) is 19.4. The molecule has 5 rings (SSSR count). The van der Waals surface area contributed by atoms with Crippen LogP contribution in [-0.4, -0.2) is 40.4 Å². The number of nitrogen functional groups attached to an aromatic ring is 1. The highest BCUT2D eigenvalue weighted by Crippen LogP contribution is 2.38. The highest BCUT2D eigenvalue weighted by molar-refractivity contribution is 5.79. The van der Waals surface area contributed by atoms with Gasteiger partial charge in [0.05, 0.1) is 0 Å². The number of benzene rings is 1. The maximum absolute atomic E-state index is 13.7. The number of piperidine rings is 1. The van der Waals surface area contributed by atoms with Crippen LogP contribution < -0.4 is 11.1 Å². The molecule has 0 spiro atoms. The third-order valence-corrected chi connectivity index (χ3v) is 7.19. The lowest BCUT2D eigenvalue weighted by molar-refractivity contribution is -0.129. The summed E-state index contributed by atoms with van der Waals surface area (Å²) in [5.41, 5.74) is 12.2. The molecule has 6 nitrogen and oxygen atoms in total. The van der Waals surface area contributed by atoms with E-state index in [1.165, 1.54) is 23.4 Å². The Hall–Kier alpha value is -3.32. The first-order valence-corrected chi connectivity index (χ1v) is 12.0. The molecule has 34 heavy (non-hydrogen) atoms. The molecule has 176 valence electrons. The molecule has 7 heteroatoms. The van der Waals surface area contributed by atoms with E-state index in [4.69, 9.17) is 5.73 Å². The Morgan fingerprint density at radius 1 is 1.03 bits per heavy atom. The number of nitrogens with one attached hydrogen (secondary N) is 1. The van der Waals surface area contributed by atoms with E-state index in [2.05, 4.69) is 33.5 Å². The predicted octanol–water partition coefficient (Wildman–Crippen LogP) is 4.68. The Morgan fingerprint density at radius 2 is 1.85 bits per heavy atom. The van der Waals surface area contributed by atoms with Gasteiger partial charge in [-0.3, -0.25) is 4.79 Å². The highest BCUT2D eigenvalue weighted by atomic mass is 19.1. The van der Waals surface area contributed by atoms with Gasteiger partial charge in [0.2, 0.25) is 11.9 Å². The molecule has 0 radical (unpaired) electrons. The van der Waals surface area contributed by atoms with Crippen LogP contribution in [0.15, 0.2) is 48.8 Å². The molecule has 2 aliphatic heterocycles. The monoisotopic (exact) mass is 459 g/mol. The Labute approximate surface area is 199 Å². The molecule has 1 atom stereocenters. The summed E-state index contributed by atoms with van der Waals surface area (Å²) < 4.78 is 13.7. The number of amides is 1. The number of rotatable bonds is 4. The fourth-order valence-electron chi connectivity index (χ4n) is 5.32. The Bertz CT molecular complexity index is 1200. The molecule has 2 saturated heterocycles. The minimum atomic E-state index is -0.544. The molecule has 3 aromatic rings. The lowest BCUT2D eigenvalue weighted by Crippen LogP contribution is -2.36. The van der Waals surface area contributed by atoms with Gasteiger partial charge in [0, 0.05) is 55.6 Å². The second kappa shape index (κ2) is 9.50. The molecule has 3 N–H and O–H groups in total. The van der Waals surface area contributed by atoms with Gasteiger partial charge < -0.3 is 16.0 Å². The van der Waals surface area contributed by atoms with Crippen molar-refractivity contribution >= 4 is 11.7 Å². The zero-order chi connectivity index (χ0) is 23.7. The van der Waals surface area contributed by atoms with Crippen LogP contribution >= 0.6 is 0 Å². The van der Waals surface area contributed by atoms with E-state index in [1.54, 1.807) is 19.2 Å². The first-order valence-electron chi connectivity index (χ1n) is 12.0. The molecule has 1 amide bonds. The zero-order valence-electron chi connectivity index (χ0n) is 19.4. The summed E-state index contributed by atoms with van der Waals surface area (Å²) in [7, 11) is 0. The van der Waals surface area contributed by atoms with E-state index in [-0.39, 0.29) is 5.91 Å². The number of pyridine rings is 2. The van der Waals surface area contributed by atoms with E-state index in [1.807, 2.05) is 11.0 Å². The normalized spacial score (nSPS) is 18.9. The van der Waals surface area contributed by atoms with E-state index in [9.17, 15) is 9.18 Å². The number of halogens is 1. The quantitative estimate of drug-likeness (QED) is 0.554. The average Bonchev–Trinajstić information content (AvgIpc) is 3.39. The minimum absolute atomic E-state index is 0.159. The maximum Gasteiger partial charge on any atom is 0.219 e. The first-order chi connectivity index (χ1) is 16.5. The molecule has 2 aliphatic rings. The molecular formula is C27H30FN5O. The van der Waals surface area contributed by atoms with Gasteiger partial charge in [0.15, 0.2) is 0 Å². The van der Waals surface area contributed by atoms with Gasteiger partial charge in [0.25, 0.3) is 0 Å². The number of hydrogen-bond donors (Lipinski definition) is 2. The van der Waals surface area contributed by atoms with Crippen molar-refractivity contribution in [3.63, 3.8) is 0 Å². The smallest absolute Gasteiger partial charge is 0.219 e. The molecule has 0 bridgehead atoms. The third-order valence-electron chi connectivity index (χ3n) is 7.19. The molecular weight excluding hydrogens is 429 g/mol. The van der Waals surface area contributed by atoms with Crippen LogP contribution in [0, 0.1) is 5.95 Å². The van der Waals surface area contributed by atoms with E-state index in [0.717, 1.165) is 56.4 Å². The van der Waals surface area contributed by atoms with Gasteiger partial charge in [-0.2, -0.15) is 4.39 Å². The number of nitrogens with zero attached hydrogens (tertiary/aromatic N) is 3. The minimum Gasteiger partial charge on any atom is -0.383 e. The molecule has 2 aromatic heterocycles. The number of carbonyl (C=O) groups is 1. The second-order valence-electron chi connectivity index (χ2n) is 9.30. The second-order valence-corrected chi connectivity index (χ2v) is 9.30. The lowest BCUT2D eigenvalue weighted by Gasteiger charge is -2.33. The standard InChI is InChI=1S/C27H30FN5O/c1-17(34)33-11-7-18(8-12-33)22-5-4-19(13-24(22)25-3-2-9-30-25)21-14-23(27(29)32-16-21)20-6-10-31-26(28)15-20/h4-6,10,13-16,18,25,30H,2-3,7-9,11-12H2,1H3,(H2,29,32)/t25-/m0/s1. The number of nitrogens with two attached hydrogens (primary N) is 1. The molecule has 4 heterocycles. The van der Waals surface area contributed by atoms with Gasteiger partial charge in [0.1, 0.15) is 5.82 Å². The average molecular weight is 460 g/mol. The number of anilines is 1. The summed E-state index contributed by atoms with van der Waals surface area (Å²) in [5, 5.41) is 3.66. The van der Waals surface area contributed by atoms with Crippen LogP contribution in [-0.2, 0) is 4.79 Å². The van der Waals surface area contributed by atoms with Crippen molar-refractivity contribution in [3.8, 4) is 22.3 Å². The van der Waals surface area contributed by atoms with E-state index < -0.39 is 5.95 Å². The van der Waals surface area contributed by atoms with Gasteiger partial charge in [-0.05, 0) is 78.6 Å². The van der Waals surface area contributed by atoms with Crippen molar-refractivity contribution in [2.24, 2.45) is 0 Å². The molecule has 1 aromatic carbocycles. The maximum atomic E-state index is 13.7. The fraction of sp³-hybridized carbons (Fsp3) is 0.370. The number of hydrogen-bond acceptors (Lipinski definition) is 5. The molecule has 0 unspecified atom stereocenters. The van der Waals surface area contributed by atoms with Gasteiger partial charge >= 0.3 is 0 Å². The van der Waals surface area contributed by atoms with E-state index >= 15 is 0 Å². The predicted molar refractivity (Wildman–Crippen MR) is 131 cm³/mol. The van der Waals surface area contributed by atoms with Gasteiger partial charge in [-0.25, -0.2) is 9.97 Å². The Morgan fingerprint density at radius 3 is 2.56 bits per heavy atom. The van der Waals surface area contributed by atoms with Gasteiger partial charge in [-0.1, -0.05) is 12.1 Å². The number of aromatic nitrogens is 2. The van der Waals surface area contributed by atoms with Crippen molar-refractivity contribution < 1.29 is 9.18 Å². The summed E-state index contributed by atoms with van der Waals surface area (Å²) >= 11 is 0. The summed E-state index contributed by atoms with van der Waals surface area (Å²) in [5.74, 6) is 0.423. The van der Waals surface area contributed by atoms with Crippen LogP contribution in [0.4, 0.5) is 10.2 Å². The van der Waals surface area contributed by atoms with Crippen LogP contribution in [0.5, 0.6) is 0 Å². The van der Waals surface area contributed by atoms with Crippen molar-refractivity contribution in [3.05, 3.63) is 65.9 Å². The fourth-order valence-corrected chi connectivity index (χ4v) is 5.32. The van der Waals surface area contributed by atoms with Crippen LogP contribution in [0.2, 0.25) is 0 Å². The first kappa shape index (κ1) is 22.5. The van der Waals surface area contributed by atoms with Gasteiger partial charge in [-0.15, -0.1) is 0 Å². The SMILES string of the molecule is CC(=O)N1CCC(c2ccc(-c3cnc(N)c(-c4ccnc(F)c4)c3)cc2[C@@H]2CCCN2)CC1. The molecule has 2 fully saturated rings. The highest BCUT2D eigenvalue weighted by Gasteiger charge is 2.27. The van der Waals surface area contributed by atoms with Crippen LogP contribution in [0.25, 0.3) is 22.3 Å². The third kappa shape index (κ3) is 4.53. The topological polar surface area (TPSA) is 84.1 Å². The Kier molecular flexibility index (Phi) is 6.28. The van der Waals surface area contributed by atoms with Crippen molar-refractivity contribution in [1.82, 2.24) is 20.2 Å². The Balaban J connectivity index is 1.50. The number of likely N-dealkylation sites (tertiary alicyclic amines) is 1. The molecule has 0 saturated carbocycles. The molecule has 0 aliphatic carbocycles. The van der Waals surface area contributed by atoms with Crippen molar-refractivity contribution in [1.29, 1.82) is 0 Å². The summed E-state index contributed by atoms with van der Waals surface area (Å²) in [6.45, 7) is 4.30. The lowest BCUT2D eigenvalue weighted by atomic mass is 9.82. The van der Waals surface area contributed by atoms with Crippen molar-refractivity contribution in [2.45, 2.75) is 44.6 Å². The number of carbonyl (C=O) groups excluding carboxylic acids is 1. The van der Waals surface area contributed by atoms with E-state index in [0.29, 0.717) is 28.9 Å². The van der Waals surface area contributed by atoms with Crippen molar-refractivity contribution in [2.75, 3.05) is 25.4 Å². The summed E-state index contributed by atoms with van der Waals surface area (Å²) in [6, 6.07) is 12.1. The van der Waals surface area contributed by atoms with Crippen LogP contribution in [0.3, 0.4) is 0 Å². The summed E-state index contributed by atoms with van der Waals surface area (Å²) in [4.78, 5) is 21.8. The largest absolute Gasteiger partial charge is 0.383 e. The summed E-state index contributed by atoms with van der Waals surface area (Å²) in [6.07, 6.45) is 7.47.